The van der Waals surface area contributed by atoms with E-state index < -0.39 is 0 Å². The van der Waals surface area contributed by atoms with Crippen LogP contribution in [0.2, 0.25) is 0 Å². The minimum atomic E-state index is 0.138. The topological polar surface area (TPSA) is 56.2 Å². The number of methoxy groups -OCH3 is 1. The lowest BCUT2D eigenvalue weighted by atomic mass is 10.1. The molecule has 0 radical (unpaired) electrons. The van der Waals surface area contributed by atoms with E-state index in [0.29, 0.717) is 16.0 Å². The molecule has 1 aliphatic rings. The molecule has 0 unspecified atom stereocenters. The molecule has 2 aromatic rings. The lowest BCUT2D eigenvalue weighted by Crippen LogP contribution is -2.45. The van der Waals surface area contributed by atoms with Crippen LogP contribution in [0.15, 0.2) is 34.8 Å². The summed E-state index contributed by atoms with van der Waals surface area (Å²) in [6.45, 7) is 7.50. The van der Waals surface area contributed by atoms with Crippen LogP contribution in [0.25, 0.3) is 0 Å². The number of benzene rings is 2. The van der Waals surface area contributed by atoms with Gasteiger partial charge < -0.3 is 14.9 Å². The van der Waals surface area contributed by atoms with E-state index in [9.17, 15) is 10.2 Å². The highest BCUT2D eigenvalue weighted by Crippen LogP contribution is 2.35. The van der Waals surface area contributed by atoms with E-state index in [0.717, 1.165) is 50.4 Å². The first-order valence-corrected chi connectivity index (χ1v) is 9.54. The molecule has 1 saturated heterocycles. The van der Waals surface area contributed by atoms with Crippen molar-refractivity contribution in [1.29, 1.82) is 0 Å². The molecule has 0 saturated carbocycles. The minimum absolute atomic E-state index is 0.138. The number of hydrogen-bond donors (Lipinski definition) is 2. The third-order valence-corrected chi connectivity index (χ3v) is 5.41. The summed E-state index contributed by atoms with van der Waals surface area (Å²) in [6, 6.07) is 9.59. The van der Waals surface area contributed by atoms with Crippen molar-refractivity contribution < 1.29 is 14.9 Å². The molecule has 2 N–H and O–H groups in total. The van der Waals surface area contributed by atoms with Crippen molar-refractivity contribution in [2.45, 2.75) is 20.0 Å². The maximum atomic E-state index is 10.0. The van der Waals surface area contributed by atoms with Gasteiger partial charge in [-0.1, -0.05) is 17.7 Å². The Labute approximate surface area is 162 Å². The average molecular weight is 421 g/mol. The highest BCUT2D eigenvalue weighted by molar-refractivity contribution is 9.10. The fourth-order valence-electron chi connectivity index (χ4n) is 3.32. The maximum absolute atomic E-state index is 10.0. The predicted octanol–water partition coefficient (Wildman–Crippen LogP) is 3.50. The summed E-state index contributed by atoms with van der Waals surface area (Å²) < 4.78 is 5.88. The van der Waals surface area contributed by atoms with Crippen molar-refractivity contribution in [2.24, 2.45) is 0 Å². The second-order valence-corrected chi connectivity index (χ2v) is 7.67. The highest BCUT2D eigenvalue weighted by Gasteiger charge is 2.19. The molecule has 2 aromatic carbocycles. The number of ether oxygens (including phenoxy) is 1. The van der Waals surface area contributed by atoms with Gasteiger partial charge in [0.2, 0.25) is 0 Å². The SMILES string of the molecule is COc1cc(CN2CCN(Cc3cc(C)ccc3O)CC2)cc(Br)c1O. The van der Waals surface area contributed by atoms with E-state index in [2.05, 4.69) is 31.8 Å². The number of rotatable bonds is 5. The lowest BCUT2D eigenvalue weighted by Gasteiger charge is -2.35. The number of halogens is 1. The monoisotopic (exact) mass is 420 g/mol. The van der Waals surface area contributed by atoms with Gasteiger partial charge in [0.25, 0.3) is 0 Å². The zero-order chi connectivity index (χ0) is 18.7. The number of phenolic OH excluding ortho intramolecular Hbond substituents is 2. The molecular weight excluding hydrogens is 396 g/mol. The molecule has 0 aromatic heterocycles. The van der Waals surface area contributed by atoms with Gasteiger partial charge in [-0.2, -0.15) is 0 Å². The van der Waals surface area contributed by atoms with Crippen LogP contribution in [0.4, 0.5) is 0 Å². The molecule has 1 aliphatic heterocycles. The highest BCUT2D eigenvalue weighted by atomic mass is 79.9. The number of phenols is 2. The first-order valence-electron chi connectivity index (χ1n) is 8.75. The van der Waals surface area contributed by atoms with Gasteiger partial charge >= 0.3 is 0 Å². The summed E-state index contributed by atoms with van der Waals surface area (Å²) in [7, 11) is 1.56. The van der Waals surface area contributed by atoms with Crippen molar-refractivity contribution in [3.8, 4) is 17.2 Å². The number of nitrogens with zero attached hydrogens (tertiary/aromatic N) is 2. The van der Waals surface area contributed by atoms with Gasteiger partial charge in [-0.15, -0.1) is 0 Å². The molecule has 1 fully saturated rings. The first-order chi connectivity index (χ1) is 12.5. The van der Waals surface area contributed by atoms with Crippen molar-refractivity contribution in [1.82, 2.24) is 9.80 Å². The standard InChI is InChI=1S/C20H25BrN2O3/c1-14-3-4-18(24)16(9-14)13-23-7-5-22(6-8-23)12-15-10-17(21)20(25)19(11-15)26-2/h3-4,9-11,24-25H,5-8,12-13H2,1-2H3. The Morgan fingerprint density at radius 1 is 1.00 bits per heavy atom. The summed E-state index contributed by atoms with van der Waals surface area (Å²) in [5.74, 6) is 1.00. The summed E-state index contributed by atoms with van der Waals surface area (Å²) in [4.78, 5) is 4.77. The zero-order valence-electron chi connectivity index (χ0n) is 15.2. The van der Waals surface area contributed by atoms with E-state index in [1.165, 1.54) is 5.56 Å². The Kier molecular flexibility index (Phi) is 6.06. The van der Waals surface area contributed by atoms with Crippen LogP contribution in [0.5, 0.6) is 17.2 Å². The Morgan fingerprint density at radius 3 is 2.31 bits per heavy atom. The Hall–Kier alpha value is -1.76. The molecule has 0 spiro atoms. The summed E-state index contributed by atoms with van der Waals surface area (Å²) in [5.41, 5.74) is 3.27. The van der Waals surface area contributed by atoms with Gasteiger partial charge in [-0.25, -0.2) is 0 Å². The maximum Gasteiger partial charge on any atom is 0.172 e. The van der Waals surface area contributed by atoms with E-state index in [-0.39, 0.29) is 5.75 Å². The van der Waals surface area contributed by atoms with Crippen LogP contribution in [0.3, 0.4) is 0 Å². The Bertz CT molecular complexity index is 774. The second kappa shape index (κ2) is 8.29. The van der Waals surface area contributed by atoms with E-state index >= 15 is 0 Å². The van der Waals surface area contributed by atoms with Crippen molar-refractivity contribution in [3.05, 3.63) is 51.5 Å². The smallest absolute Gasteiger partial charge is 0.172 e. The van der Waals surface area contributed by atoms with E-state index in [1.807, 2.05) is 25.1 Å². The molecule has 6 heteroatoms. The molecule has 140 valence electrons. The minimum Gasteiger partial charge on any atom is -0.508 e. The molecule has 0 aliphatic carbocycles. The fourth-order valence-corrected chi connectivity index (χ4v) is 3.81. The Morgan fingerprint density at radius 2 is 1.65 bits per heavy atom. The fraction of sp³-hybridized carbons (Fsp3) is 0.400. The molecule has 5 nitrogen and oxygen atoms in total. The van der Waals surface area contributed by atoms with Gasteiger partial charge in [-0.3, -0.25) is 9.80 Å². The first kappa shape index (κ1) is 19.0. The van der Waals surface area contributed by atoms with E-state index in [4.69, 9.17) is 4.74 Å². The van der Waals surface area contributed by atoms with Crippen LogP contribution in [0, 0.1) is 6.92 Å². The zero-order valence-corrected chi connectivity index (χ0v) is 16.8. The van der Waals surface area contributed by atoms with Gasteiger partial charge in [0.05, 0.1) is 11.6 Å². The largest absolute Gasteiger partial charge is 0.508 e. The number of hydrogen-bond acceptors (Lipinski definition) is 5. The quantitative estimate of drug-likeness (QED) is 0.774. The molecule has 0 amide bonds. The summed E-state index contributed by atoms with van der Waals surface area (Å²) in [5, 5.41) is 20.0. The third kappa shape index (κ3) is 4.50. The molecule has 0 atom stereocenters. The van der Waals surface area contributed by atoms with Crippen LogP contribution < -0.4 is 4.74 Å². The molecule has 0 bridgehead atoms. The van der Waals surface area contributed by atoms with Crippen molar-refractivity contribution in [2.75, 3.05) is 33.3 Å². The van der Waals surface area contributed by atoms with Crippen LogP contribution in [-0.2, 0) is 13.1 Å². The van der Waals surface area contributed by atoms with E-state index in [1.54, 1.807) is 13.2 Å². The van der Waals surface area contributed by atoms with Gasteiger partial charge in [0.15, 0.2) is 11.5 Å². The Balaban J connectivity index is 1.57. The van der Waals surface area contributed by atoms with Gasteiger partial charge in [-0.05, 0) is 46.6 Å². The van der Waals surface area contributed by atoms with Crippen molar-refractivity contribution in [3.63, 3.8) is 0 Å². The van der Waals surface area contributed by atoms with Crippen LogP contribution in [-0.4, -0.2) is 53.3 Å². The summed E-state index contributed by atoms with van der Waals surface area (Å²) >= 11 is 3.38. The van der Waals surface area contributed by atoms with Crippen LogP contribution in [0.1, 0.15) is 16.7 Å². The van der Waals surface area contributed by atoms with Gasteiger partial charge in [0, 0.05) is 44.8 Å². The number of piperazine rings is 1. The average Bonchev–Trinajstić information content (AvgIpc) is 2.62. The van der Waals surface area contributed by atoms with Gasteiger partial charge in [0.1, 0.15) is 5.75 Å². The lowest BCUT2D eigenvalue weighted by molar-refractivity contribution is 0.121. The van der Waals surface area contributed by atoms with Crippen molar-refractivity contribution >= 4 is 15.9 Å². The molecular formula is C20H25BrN2O3. The molecule has 3 rings (SSSR count). The number of aromatic hydroxyl groups is 2. The molecule has 1 heterocycles. The normalized spacial score (nSPS) is 16.0. The number of aryl methyl sites for hydroxylation is 1. The molecule has 26 heavy (non-hydrogen) atoms. The predicted molar refractivity (Wildman–Crippen MR) is 106 cm³/mol. The van der Waals surface area contributed by atoms with Crippen LogP contribution >= 0.6 is 15.9 Å². The third-order valence-electron chi connectivity index (χ3n) is 4.81. The summed E-state index contributed by atoms with van der Waals surface area (Å²) in [6.07, 6.45) is 0. The second-order valence-electron chi connectivity index (χ2n) is 6.81.